The van der Waals surface area contributed by atoms with Crippen LogP contribution in [0.3, 0.4) is 0 Å². The minimum Gasteiger partial charge on any atom is -0.335 e. The highest BCUT2D eigenvalue weighted by atomic mass is 32.1. The molecule has 0 aliphatic carbocycles. The molecule has 0 bridgehead atoms. The van der Waals surface area contributed by atoms with Crippen LogP contribution in [-0.2, 0) is 9.59 Å². The first-order valence-corrected chi connectivity index (χ1v) is 4.12. The van der Waals surface area contributed by atoms with Crippen LogP contribution in [0.1, 0.15) is 0 Å². The van der Waals surface area contributed by atoms with Crippen molar-refractivity contribution in [2.24, 2.45) is 0 Å². The highest BCUT2D eigenvalue weighted by molar-refractivity contribution is 7.09. The zero-order chi connectivity index (χ0) is 10.4. The van der Waals surface area contributed by atoms with Crippen molar-refractivity contribution in [3.8, 4) is 6.07 Å². The summed E-state index contributed by atoms with van der Waals surface area (Å²) in [7, 11) is 0. The fourth-order valence-electron chi connectivity index (χ4n) is 0.536. The van der Waals surface area contributed by atoms with E-state index in [0.29, 0.717) is 0 Å². The smallest absolute Gasteiger partial charge is 0.315 e. The van der Waals surface area contributed by atoms with E-state index in [9.17, 15) is 9.59 Å². The number of aromatic nitrogens is 3. The lowest BCUT2D eigenvalue weighted by molar-refractivity contribution is -0.136. The quantitative estimate of drug-likeness (QED) is 0.455. The van der Waals surface area contributed by atoms with E-state index >= 15 is 0 Å². The van der Waals surface area contributed by atoms with E-state index in [1.54, 1.807) is 6.07 Å². The molecule has 0 fully saturated rings. The molecule has 0 spiro atoms. The fourth-order valence-corrected chi connectivity index (χ4v) is 0.898. The number of hydrogen-bond acceptors (Lipinski definition) is 7. The van der Waals surface area contributed by atoms with Gasteiger partial charge in [-0.05, 0) is 5.21 Å². The molecule has 0 atom stereocenters. The molecule has 2 amide bonds. The molecule has 0 aromatic carbocycles. The second kappa shape index (κ2) is 4.83. The Morgan fingerprint density at radius 3 is 2.86 bits per heavy atom. The van der Waals surface area contributed by atoms with Gasteiger partial charge in [0.15, 0.2) is 0 Å². The van der Waals surface area contributed by atoms with Gasteiger partial charge in [-0.2, -0.15) is 5.26 Å². The minimum atomic E-state index is -0.904. The lowest BCUT2D eigenvalue weighted by atomic mass is 10.5. The van der Waals surface area contributed by atoms with Gasteiger partial charge in [-0.1, -0.05) is 9.59 Å². The topological polar surface area (TPSA) is 121 Å². The van der Waals surface area contributed by atoms with Crippen molar-refractivity contribution in [3.63, 3.8) is 0 Å². The SMILES string of the molecule is N#CCNC(=O)C(=O)Nc1nnns1. The van der Waals surface area contributed by atoms with Crippen molar-refractivity contribution in [1.29, 1.82) is 5.26 Å². The fraction of sp³-hybridized carbons (Fsp3) is 0.200. The zero-order valence-corrected chi connectivity index (χ0v) is 7.54. The predicted molar refractivity (Wildman–Crippen MR) is 45.0 cm³/mol. The average molecular weight is 212 g/mol. The van der Waals surface area contributed by atoms with E-state index in [4.69, 9.17) is 5.26 Å². The maximum atomic E-state index is 11.0. The van der Waals surface area contributed by atoms with E-state index in [0.717, 1.165) is 11.5 Å². The molecule has 0 aliphatic rings. The zero-order valence-electron chi connectivity index (χ0n) is 6.72. The van der Waals surface area contributed by atoms with Crippen LogP contribution in [0.5, 0.6) is 0 Å². The first-order chi connectivity index (χ1) is 6.74. The molecule has 0 unspecified atom stereocenters. The molecule has 1 rings (SSSR count). The van der Waals surface area contributed by atoms with Gasteiger partial charge in [-0.3, -0.25) is 14.9 Å². The summed E-state index contributed by atoms with van der Waals surface area (Å²) in [5.41, 5.74) is 0. The molecule has 1 aromatic rings. The largest absolute Gasteiger partial charge is 0.335 e. The molecule has 1 heterocycles. The van der Waals surface area contributed by atoms with E-state index < -0.39 is 11.8 Å². The highest BCUT2D eigenvalue weighted by Gasteiger charge is 2.14. The molecule has 72 valence electrons. The van der Waals surface area contributed by atoms with Gasteiger partial charge < -0.3 is 5.32 Å². The maximum absolute atomic E-state index is 11.0. The standard InChI is InChI=1S/C5H4N6O2S/c6-1-2-7-3(12)4(13)8-5-9-10-11-14-5/h2H2,(H,7,12)(H,8,9,11,13). The summed E-state index contributed by atoms with van der Waals surface area (Å²) in [6, 6.07) is 1.66. The summed E-state index contributed by atoms with van der Waals surface area (Å²) in [6.45, 7) is -0.222. The summed E-state index contributed by atoms with van der Waals surface area (Å²) in [6.07, 6.45) is 0. The third-order valence-corrected chi connectivity index (χ3v) is 1.57. The first-order valence-electron chi connectivity index (χ1n) is 3.35. The molecular formula is C5H4N6O2S. The molecule has 14 heavy (non-hydrogen) atoms. The van der Waals surface area contributed by atoms with Crippen molar-refractivity contribution >= 4 is 28.5 Å². The van der Waals surface area contributed by atoms with Gasteiger partial charge in [0.2, 0.25) is 5.13 Å². The first kappa shape index (κ1) is 10.0. The Bertz CT molecular complexity index is 368. The van der Waals surface area contributed by atoms with Gasteiger partial charge in [-0.25, -0.2) is 0 Å². The Kier molecular flexibility index (Phi) is 3.45. The van der Waals surface area contributed by atoms with Crippen LogP contribution >= 0.6 is 11.5 Å². The lowest BCUT2D eigenvalue weighted by Crippen LogP contribution is -2.35. The van der Waals surface area contributed by atoms with Gasteiger partial charge in [-0.15, -0.1) is 0 Å². The summed E-state index contributed by atoms with van der Waals surface area (Å²) in [5.74, 6) is -1.81. The number of nitrogens with zero attached hydrogens (tertiary/aromatic N) is 4. The van der Waals surface area contributed by atoms with Crippen LogP contribution < -0.4 is 10.6 Å². The average Bonchev–Trinajstić information content (AvgIpc) is 2.66. The van der Waals surface area contributed by atoms with Gasteiger partial charge >= 0.3 is 11.8 Å². The number of anilines is 1. The van der Waals surface area contributed by atoms with Crippen LogP contribution in [0.15, 0.2) is 0 Å². The lowest BCUT2D eigenvalue weighted by Gasteiger charge is -1.98. The van der Waals surface area contributed by atoms with Crippen molar-refractivity contribution in [1.82, 2.24) is 20.1 Å². The maximum Gasteiger partial charge on any atom is 0.315 e. The Morgan fingerprint density at radius 2 is 2.29 bits per heavy atom. The van der Waals surface area contributed by atoms with Crippen LogP contribution in [0.25, 0.3) is 0 Å². The molecule has 0 radical (unpaired) electrons. The van der Waals surface area contributed by atoms with E-state index in [1.165, 1.54) is 0 Å². The molecule has 2 N–H and O–H groups in total. The third-order valence-electron chi connectivity index (χ3n) is 1.05. The molecular weight excluding hydrogens is 208 g/mol. The second-order valence-corrected chi connectivity index (χ2v) is 2.70. The second-order valence-electron chi connectivity index (χ2n) is 1.96. The van der Waals surface area contributed by atoms with Crippen molar-refractivity contribution in [3.05, 3.63) is 0 Å². The van der Waals surface area contributed by atoms with E-state index in [-0.39, 0.29) is 11.7 Å². The van der Waals surface area contributed by atoms with Crippen LogP contribution in [0.2, 0.25) is 0 Å². The van der Waals surface area contributed by atoms with Crippen LogP contribution in [-0.4, -0.2) is 33.2 Å². The third kappa shape index (κ3) is 2.76. The summed E-state index contributed by atoms with van der Waals surface area (Å²) in [4.78, 5) is 21.9. The molecule has 0 saturated carbocycles. The number of nitrogens with one attached hydrogen (secondary N) is 2. The van der Waals surface area contributed by atoms with E-state index in [2.05, 4.69) is 25.4 Å². The van der Waals surface area contributed by atoms with Gasteiger partial charge in [0.25, 0.3) is 0 Å². The summed E-state index contributed by atoms with van der Waals surface area (Å²) in [5, 5.41) is 19.1. The number of hydrogen-bond donors (Lipinski definition) is 2. The Balaban J connectivity index is 2.43. The number of nitriles is 1. The van der Waals surface area contributed by atoms with Crippen LogP contribution in [0, 0.1) is 11.3 Å². The predicted octanol–water partition coefficient (Wildman–Crippen LogP) is -1.49. The molecule has 0 saturated heterocycles. The summed E-state index contributed by atoms with van der Waals surface area (Å²) >= 11 is 0.843. The molecule has 0 aliphatic heterocycles. The monoisotopic (exact) mass is 212 g/mol. The van der Waals surface area contributed by atoms with Gasteiger partial charge in [0, 0.05) is 11.5 Å². The van der Waals surface area contributed by atoms with E-state index in [1.807, 2.05) is 0 Å². The van der Waals surface area contributed by atoms with Crippen molar-refractivity contribution in [2.45, 2.75) is 0 Å². The molecule has 1 aromatic heterocycles. The number of rotatable bonds is 2. The van der Waals surface area contributed by atoms with Gasteiger partial charge in [0.1, 0.15) is 6.54 Å². The Morgan fingerprint density at radius 1 is 1.50 bits per heavy atom. The number of amides is 2. The van der Waals surface area contributed by atoms with Crippen molar-refractivity contribution < 1.29 is 9.59 Å². The normalized spacial score (nSPS) is 8.79. The molecule has 9 heteroatoms. The van der Waals surface area contributed by atoms with Gasteiger partial charge in [0.05, 0.1) is 6.07 Å². The number of carbonyl (C=O) groups is 2. The Labute approximate surface area is 82.1 Å². The van der Waals surface area contributed by atoms with Crippen molar-refractivity contribution in [2.75, 3.05) is 11.9 Å². The Hall–Kier alpha value is -2.08. The highest BCUT2D eigenvalue weighted by Crippen LogP contribution is 2.03. The molecule has 8 nitrogen and oxygen atoms in total. The summed E-state index contributed by atoms with van der Waals surface area (Å²) < 4.78 is 3.38. The van der Waals surface area contributed by atoms with Crippen LogP contribution in [0.4, 0.5) is 5.13 Å². The minimum absolute atomic E-state index is 0.127. The number of carbonyl (C=O) groups excluding carboxylic acids is 2.